The molecule has 1 aromatic heterocycles. The number of hydrogen-bond acceptors (Lipinski definition) is 6. The second-order valence-corrected chi connectivity index (χ2v) is 6.16. The first-order valence-corrected chi connectivity index (χ1v) is 8.63. The van der Waals surface area contributed by atoms with Crippen LogP contribution in [-0.2, 0) is 4.79 Å². The van der Waals surface area contributed by atoms with Crippen LogP contribution in [-0.4, -0.2) is 35.4 Å². The summed E-state index contributed by atoms with van der Waals surface area (Å²) in [5.74, 6) is 0.464. The van der Waals surface area contributed by atoms with Gasteiger partial charge in [-0.2, -0.15) is 4.98 Å². The third-order valence-corrected chi connectivity index (χ3v) is 4.26. The Morgan fingerprint density at radius 3 is 2.61 bits per heavy atom. The number of nitrogens with zero attached hydrogens (tertiary/aromatic N) is 2. The van der Waals surface area contributed by atoms with E-state index in [4.69, 9.17) is 25.6 Å². The van der Waals surface area contributed by atoms with Gasteiger partial charge in [0, 0.05) is 16.2 Å². The maximum Gasteiger partial charge on any atom is 0.308 e. The fourth-order valence-electron chi connectivity index (χ4n) is 2.58. The highest BCUT2D eigenvalue weighted by molar-refractivity contribution is 6.32. The predicted octanol–water partition coefficient (Wildman–Crippen LogP) is 4.42. The zero-order valence-electron chi connectivity index (χ0n) is 15.2. The largest absolute Gasteiger partial charge is 0.493 e. The summed E-state index contributed by atoms with van der Waals surface area (Å²) in [4.78, 5) is 15.6. The Labute approximate surface area is 166 Å². The molecular formula is C20H17ClN2O5. The molecule has 0 aliphatic rings. The molecule has 0 unspecified atom stereocenters. The van der Waals surface area contributed by atoms with Gasteiger partial charge in [-0.05, 0) is 35.9 Å². The third-order valence-electron chi connectivity index (χ3n) is 3.92. The first-order chi connectivity index (χ1) is 13.5. The van der Waals surface area contributed by atoms with Crippen molar-refractivity contribution in [2.45, 2.75) is 6.42 Å². The minimum Gasteiger partial charge on any atom is -0.493 e. The van der Waals surface area contributed by atoms with Gasteiger partial charge in [-0.25, -0.2) is 0 Å². The van der Waals surface area contributed by atoms with E-state index in [1.165, 1.54) is 7.11 Å². The standard InChI is InChI=1S/C20H17ClN2O5/c1-26-16-8-7-13(10-17(16)27-2)19-22-20(28-23-19)14(11-18(24)25)9-12-5-3-4-6-15(12)21/h3-10H,11H2,1-2H3,(H,24,25)/b14-9+. The topological polar surface area (TPSA) is 94.7 Å². The van der Waals surface area contributed by atoms with Gasteiger partial charge in [-0.1, -0.05) is 35.0 Å². The molecule has 28 heavy (non-hydrogen) atoms. The minimum absolute atomic E-state index is 0.104. The average Bonchev–Trinajstić information content (AvgIpc) is 3.18. The number of carboxylic acids is 1. The van der Waals surface area contributed by atoms with Gasteiger partial charge in [0.05, 0.1) is 20.6 Å². The Morgan fingerprint density at radius 2 is 1.93 bits per heavy atom. The number of benzene rings is 2. The molecule has 2 aromatic carbocycles. The van der Waals surface area contributed by atoms with Crippen LogP contribution in [0.3, 0.4) is 0 Å². The van der Waals surface area contributed by atoms with Gasteiger partial charge in [0.2, 0.25) is 5.82 Å². The Balaban J connectivity index is 1.99. The van der Waals surface area contributed by atoms with E-state index in [0.717, 1.165) is 0 Å². The van der Waals surface area contributed by atoms with E-state index in [0.29, 0.717) is 39.0 Å². The van der Waals surface area contributed by atoms with Gasteiger partial charge < -0.3 is 19.1 Å². The monoisotopic (exact) mass is 400 g/mol. The average molecular weight is 401 g/mol. The summed E-state index contributed by atoms with van der Waals surface area (Å²) < 4.78 is 15.8. The van der Waals surface area contributed by atoms with E-state index < -0.39 is 5.97 Å². The maximum atomic E-state index is 11.3. The van der Waals surface area contributed by atoms with Crippen LogP contribution >= 0.6 is 11.6 Å². The van der Waals surface area contributed by atoms with Gasteiger partial charge in [0.15, 0.2) is 11.5 Å². The molecule has 144 valence electrons. The molecule has 0 fully saturated rings. The summed E-state index contributed by atoms with van der Waals surface area (Å²) >= 11 is 6.17. The number of carboxylic acid groups (broad SMARTS) is 1. The van der Waals surface area contributed by atoms with Crippen molar-refractivity contribution < 1.29 is 23.9 Å². The van der Waals surface area contributed by atoms with Crippen molar-refractivity contribution in [1.82, 2.24) is 10.1 Å². The van der Waals surface area contributed by atoms with E-state index in [1.54, 1.807) is 55.7 Å². The summed E-state index contributed by atoms with van der Waals surface area (Å²) in [5, 5.41) is 13.7. The number of aromatic nitrogens is 2. The lowest BCUT2D eigenvalue weighted by atomic mass is 10.1. The van der Waals surface area contributed by atoms with E-state index in [9.17, 15) is 9.90 Å². The number of carbonyl (C=O) groups is 1. The molecule has 0 aliphatic carbocycles. The zero-order valence-corrected chi connectivity index (χ0v) is 15.9. The number of methoxy groups -OCH3 is 2. The highest BCUT2D eigenvalue weighted by Crippen LogP contribution is 2.32. The Bertz CT molecular complexity index is 1030. The van der Waals surface area contributed by atoms with Crippen LogP contribution in [0, 0.1) is 0 Å². The molecule has 7 nitrogen and oxygen atoms in total. The van der Waals surface area contributed by atoms with Crippen molar-refractivity contribution in [1.29, 1.82) is 0 Å². The van der Waals surface area contributed by atoms with Gasteiger partial charge >= 0.3 is 5.97 Å². The van der Waals surface area contributed by atoms with Crippen LogP contribution in [0.25, 0.3) is 23.0 Å². The molecule has 0 bridgehead atoms. The molecule has 3 aromatic rings. The van der Waals surface area contributed by atoms with E-state index >= 15 is 0 Å². The van der Waals surface area contributed by atoms with Crippen LogP contribution < -0.4 is 9.47 Å². The maximum absolute atomic E-state index is 11.3. The van der Waals surface area contributed by atoms with Gasteiger partial charge in [-0.3, -0.25) is 4.79 Å². The van der Waals surface area contributed by atoms with Crippen molar-refractivity contribution in [3.05, 3.63) is 58.9 Å². The van der Waals surface area contributed by atoms with Crippen LogP contribution in [0.1, 0.15) is 17.9 Å². The van der Waals surface area contributed by atoms with Crippen molar-refractivity contribution in [2.75, 3.05) is 14.2 Å². The molecule has 8 heteroatoms. The SMILES string of the molecule is COc1ccc(-c2noc(/C(=C/c3ccccc3Cl)CC(=O)O)n2)cc1OC. The first-order valence-electron chi connectivity index (χ1n) is 8.25. The molecular weight excluding hydrogens is 384 g/mol. The third kappa shape index (κ3) is 4.32. The molecule has 0 radical (unpaired) electrons. The van der Waals surface area contributed by atoms with E-state index in [1.807, 2.05) is 0 Å². The second-order valence-electron chi connectivity index (χ2n) is 5.75. The number of ether oxygens (including phenoxy) is 2. The van der Waals surface area contributed by atoms with Gasteiger partial charge in [0.25, 0.3) is 5.89 Å². The Kier molecular flexibility index (Phi) is 5.96. The number of halogens is 1. The van der Waals surface area contributed by atoms with E-state index in [-0.39, 0.29) is 12.3 Å². The Morgan fingerprint density at radius 1 is 1.18 bits per heavy atom. The van der Waals surface area contributed by atoms with Crippen LogP contribution in [0.15, 0.2) is 47.0 Å². The summed E-state index contributed by atoms with van der Waals surface area (Å²) in [6, 6.07) is 12.3. The molecule has 0 saturated carbocycles. The molecule has 0 atom stereocenters. The first kappa shape index (κ1) is 19.4. The normalized spacial score (nSPS) is 11.3. The highest BCUT2D eigenvalue weighted by atomic mass is 35.5. The quantitative estimate of drug-likeness (QED) is 0.627. The smallest absolute Gasteiger partial charge is 0.308 e. The van der Waals surface area contributed by atoms with Crippen molar-refractivity contribution >= 4 is 29.2 Å². The number of aliphatic carboxylic acids is 1. The Hall–Kier alpha value is -3.32. The van der Waals surface area contributed by atoms with Crippen LogP contribution in [0.4, 0.5) is 0 Å². The lowest BCUT2D eigenvalue weighted by molar-refractivity contribution is -0.135. The molecule has 3 rings (SSSR count). The molecule has 1 heterocycles. The molecule has 0 saturated heterocycles. The summed E-state index contributed by atoms with van der Waals surface area (Å²) in [6.07, 6.45) is 1.33. The van der Waals surface area contributed by atoms with Crippen LogP contribution in [0.2, 0.25) is 5.02 Å². The predicted molar refractivity (Wildman–Crippen MR) is 104 cm³/mol. The van der Waals surface area contributed by atoms with Crippen LogP contribution in [0.5, 0.6) is 11.5 Å². The zero-order chi connectivity index (χ0) is 20.1. The van der Waals surface area contributed by atoms with Crippen molar-refractivity contribution in [2.24, 2.45) is 0 Å². The fourth-order valence-corrected chi connectivity index (χ4v) is 2.77. The van der Waals surface area contributed by atoms with Gasteiger partial charge in [0.1, 0.15) is 0 Å². The summed E-state index contributed by atoms with van der Waals surface area (Å²) in [5.41, 5.74) is 1.64. The second kappa shape index (κ2) is 8.58. The van der Waals surface area contributed by atoms with E-state index in [2.05, 4.69) is 10.1 Å². The summed E-state index contributed by atoms with van der Waals surface area (Å²) in [7, 11) is 3.07. The minimum atomic E-state index is -1.02. The molecule has 0 amide bonds. The molecule has 0 spiro atoms. The number of rotatable bonds is 7. The molecule has 1 N–H and O–H groups in total. The highest BCUT2D eigenvalue weighted by Gasteiger charge is 2.17. The lowest BCUT2D eigenvalue weighted by Gasteiger charge is -2.07. The number of hydrogen-bond donors (Lipinski definition) is 1. The summed E-state index contributed by atoms with van der Waals surface area (Å²) in [6.45, 7) is 0. The van der Waals surface area contributed by atoms with Crippen molar-refractivity contribution in [3.8, 4) is 22.9 Å². The van der Waals surface area contributed by atoms with Gasteiger partial charge in [-0.15, -0.1) is 0 Å². The molecule has 0 aliphatic heterocycles. The van der Waals surface area contributed by atoms with Crippen molar-refractivity contribution in [3.63, 3.8) is 0 Å². The lowest BCUT2D eigenvalue weighted by Crippen LogP contribution is -1.98. The fraction of sp³-hybridized carbons (Fsp3) is 0.150.